The zero-order chi connectivity index (χ0) is 13.2. The fourth-order valence-corrected chi connectivity index (χ4v) is 1.49. The van der Waals surface area contributed by atoms with E-state index >= 15 is 0 Å². The van der Waals surface area contributed by atoms with Gasteiger partial charge in [-0.05, 0) is 31.0 Å². The third-order valence-electron chi connectivity index (χ3n) is 2.47. The SMILES string of the molecule is CCCNC(=NCc1ccc(OC)cc1)NCC.I. The van der Waals surface area contributed by atoms with Crippen molar-refractivity contribution in [2.45, 2.75) is 26.8 Å². The molecular formula is C14H24IN3O. The van der Waals surface area contributed by atoms with E-state index in [0.29, 0.717) is 6.54 Å². The minimum absolute atomic E-state index is 0. The molecule has 0 amide bonds. The van der Waals surface area contributed by atoms with Crippen LogP contribution in [0.2, 0.25) is 0 Å². The number of halogens is 1. The van der Waals surface area contributed by atoms with Crippen molar-refractivity contribution in [3.63, 3.8) is 0 Å². The zero-order valence-corrected chi connectivity index (χ0v) is 14.2. The lowest BCUT2D eigenvalue weighted by atomic mass is 10.2. The lowest BCUT2D eigenvalue weighted by molar-refractivity contribution is 0.414. The van der Waals surface area contributed by atoms with E-state index in [1.807, 2.05) is 24.3 Å². The Morgan fingerprint density at radius 2 is 1.84 bits per heavy atom. The minimum atomic E-state index is 0. The summed E-state index contributed by atoms with van der Waals surface area (Å²) in [4.78, 5) is 4.53. The van der Waals surface area contributed by atoms with Crippen LogP contribution in [-0.4, -0.2) is 26.2 Å². The smallest absolute Gasteiger partial charge is 0.191 e. The normalized spacial score (nSPS) is 10.6. The summed E-state index contributed by atoms with van der Waals surface area (Å²) in [6.45, 7) is 6.69. The van der Waals surface area contributed by atoms with Gasteiger partial charge in [-0.3, -0.25) is 0 Å². The lowest BCUT2D eigenvalue weighted by Crippen LogP contribution is -2.37. The molecule has 5 heteroatoms. The third kappa shape index (κ3) is 7.25. The van der Waals surface area contributed by atoms with Crippen LogP contribution in [0, 0.1) is 0 Å². The molecule has 0 saturated heterocycles. The quantitative estimate of drug-likeness (QED) is 0.455. The summed E-state index contributed by atoms with van der Waals surface area (Å²) in [5, 5.41) is 6.50. The molecule has 0 atom stereocenters. The molecule has 0 spiro atoms. The summed E-state index contributed by atoms with van der Waals surface area (Å²) in [7, 11) is 1.67. The number of hydrogen-bond donors (Lipinski definition) is 2. The van der Waals surface area contributed by atoms with Gasteiger partial charge in [0.25, 0.3) is 0 Å². The first-order chi connectivity index (χ1) is 8.80. The first kappa shape index (κ1) is 18.0. The van der Waals surface area contributed by atoms with E-state index in [2.05, 4.69) is 29.5 Å². The number of aliphatic imine (C=N–C) groups is 1. The number of nitrogens with one attached hydrogen (secondary N) is 2. The molecule has 0 unspecified atom stereocenters. The fraction of sp³-hybridized carbons (Fsp3) is 0.500. The Bertz CT molecular complexity index is 365. The van der Waals surface area contributed by atoms with Gasteiger partial charge in [-0.25, -0.2) is 4.99 Å². The molecular weight excluding hydrogens is 353 g/mol. The van der Waals surface area contributed by atoms with Crippen molar-refractivity contribution >= 4 is 29.9 Å². The Balaban J connectivity index is 0.00000324. The summed E-state index contributed by atoms with van der Waals surface area (Å²) >= 11 is 0. The van der Waals surface area contributed by atoms with E-state index in [0.717, 1.165) is 31.2 Å². The number of benzene rings is 1. The Morgan fingerprint density at radius 3 is 2.37 bits per heavy atom. The number of hydrogen-bond acceptors (Lipinski definition) is 2. The van der Waals surface area contributed by atoms with Crippen LogP contribution in [-0.2, 0) is 6.54 Å². The maximum Gasteiger partial charge on any atom is 0.191 e. The van der Waals surface area contributed by atoms with Crippen LogP contribution in [0.1, 0.15) is 25.8 Å². The van der Waals surface area contributed by atoms with Crippen LogP contribution >= 0.6 is 24.0 Å². The number of nitrogens with zero attached hydrogens (tertiary/aromatic N) is 1. The predicted molar refractivity (Wildman–Crippen MR) is 91.5 cm³/mol. The second-order valence-corrected chi connectivity index (χ2v) is 3.97. The largest absolute Gasteiger partial charge is 0.497 e. The van der Waals surface area contributed by atoms with Crippen LogP contribution in [0.25, 0.3) is 0 Å². The first-order valence-corrected chi connectivity index (χ1v) is 6.45. The number of ether oxygens (including phenoxy) is 1. The van der Waals surface area contributed by atoms with Crippen molar-refractivity contribution in [3.8, 4) is 5.75 Å². The van der Waals surface area contributed by atoms with Crippen molar-refractivity contribution in [2.75, 3.05) is 20.2 Å². The maximum atomic E-state index is 5.13. The molecule has 0 saturated carbocycles. The molecule has 108 valence electrons. The molecule has 0 aliphatic carbocycles. The minimum Gasteiger partial charge on any atom is -0.497 e. The van der Waals surface area contributed by atoms with E-state index in [1.165, 1.54) is 5.56 Å². The highest BCUT2D eigenvalue weighted by atomic mass is 127. The summed E-state index contributed by atoms with van der Waals surface area (Å²) in [6.07, 6.45) is 1.09. The van der Waals surface area contributed by atoms with Crippen LogP contribution in [0.3, 0.4) is 0 Å². The molecule has 0 aromatic heterocycles. The second kappa shape index (κ2) is 10.9. The molecule has 0 aliphatic heterocycles. The van der Waals surface area contributed by atoms with Crippen molar-refractivity contribution in [2.24, 2.45) is 4.99 Å². The summed E-state index contributed by atoms with van der Waals surface area (Å²) in [5.41, 5.74) is 1.17. The van der Waals surface area contributed by atoms with E-state index in [4.69, 9.17) is 4.74 Å². The molecule has 0 heterocycles. The van der Waals surface area contributed by atoms with Gasteiger partial charge in [-0.15, -0.1) is 24.0 Å². The molecule has 0 aliphatic rings. The van der Waals surface area contributed by atoms with Gasteiger partial charge in [-0.2, -0.15) is 0 Å². The van der Waals surface area contributed by atoms with Crippen molar-refractivity contribution in [1.82, 2.24) is 10.6 Å². The summed E-state index contributed by atoms with van der Waals surface area (Å²) in [6, 6.07) is 7.98. The Morgan fingerprint density at radius 1 is 1.16 bits per heavy atom. The van der Waals surface area contributed by atoms with Crippen molar-refractivity contribution < 1.29 is 4.74 Å². The average molecular weight is 377 g/mol. The van der Waals surface area contributed by atoms with E-state index < -0.39 is 0 Å². The van der Waals surface area contributed by atoms with Crippen LogP contribution in [0.5, 0.6) is 5.75 Å². The average Bonchev–Trinajstić information content (AvgIpc) is 2.42. The maximum absolute atomic E-state index is 5.13. The van der Waals surface area contributed by atoms with Gasteiger partial charge in [0, 0.05) is 13.1 Å². The molecule has 19 heavy (non-hydrogen) atoms. The van der Waals surface area contributed by atoms with Crippen LogP contribution < -0.4 is 15.4 Å². The highest BCUT2D eigenvalue weighted by molar-refractivity contribution is 14.0. The highest BCUT2D eigenvalue weighted by Gasteiger charge is 1.97. The monoisotopic (exact) mass is 377 g/mol. The van der Waals surface area contributed by atoms with E-state index in [1.54, 1.807) is 7.11 Å². The van der Waals surface area contributed by atoms with Crippen molar-refractivity contribution in [3.05, 3.63) is 29.8 Å². The molecule has 1 aromatic rings. The Labute approximate surface area is 133 Å². The van der Waals surface area contributed by atoms with Gasteiger partial charge in [0.15, 0.2) is 5.96 Å². The number of guanidine groups is 1. The second-order valence-electron chi connectivity index (χ2n) is 3.97. The van der Waals surface area contributed by atoms with E-state index in [-0.39, 0.29) is 24.0 Å². The van der Waals surface area contributed by atoms with Crippen molar-refractivity contribution in [1.29, 1.82) is 0 Å². The molecule has 2 N–H and O–H groups in total. The van der Waals surface area contributed by atoms with Gasteiger partial charge in [0.2, 0.25) is 0 Å². The lowest BCUT2D eigenvalue weighted by Gasteiger charge is -2.10. The van der Waals surface area contributed by atoms with Gasteiger partial charge in [-0.1, -0.05) is 19.1 Å². The topological polar surface area (TPSA) is 45.7 Å². The Kier molecular flexibility index (Phi) is 10.3. The van der Waals surface area contributed by atoms with Crippen LogP contribution in [0.15, 0.2) is 29.3 Å². The predicted octanol–water partition coefficient (Wildman–Crippen LogP) is 2.78. The Hall–Kier alpha value is -0.980. The van der Waals surface area contributed by atoms with Gasteiger partial charge in [0.05, 0.1) is 13.7 Å². The fourth-order valence-electron chi connectivity index (χ4n) is 1.49. The summed E-state index contributed by atoms with van der Waals surface area (Å²) in [5.74, 6) is 1.74. The molecule has 0 bridgehead atoms. The molecule has 1 aromatic carbocycles. The van der Waals surface area contributed by atoms with E-state index in [9.17, 15) is 0 Å². The third-order valence-corrected chi connectivity index (χ3v) is 2.47. The number of methoxy groups -OCH3 is 1. The van der Waals surface area contributed by atoms with Gasteiger partial charge in [0.1, 0.15) is 5.75 Å². The molecule has 4 nitrogen and oxygen atoms in total. The highest BCUT2D eigenvalue weighted by Crippen LogP contribution is 2.11. The summed E-state index contributed by atoms with van der Waals surface area (Å²) < 4.78 is 5.13. The van der Waals surface area contributed by atoms with Gasteiger partial charge >= 0.3 is 0 Å². The first-order valence-electron chi connectivity index (χ1n) is 6.45. The van der Waals surface area contributed by atoms with Crippen LogP contribution in [0.4, 0.5) is 0 Å². The molecule has 0 radical (unpaired) electrons. The molecule has 1 rings (SSSR count). The molecule has 0 fully saturated rings. The van der Waals surface area contributed by atoms with Gasteiger partial charge < -0.3 is 15.4 Å². The number of rotatable bonds is 6. The zero-order valence-electron chi connectivity index (χ0n) is 11.9. The standard InChI is InChI=1S/C14H23N3O.HI/c1-4-10-16-14(15-5-2)17-11-12-6-8-13(18-3)9-7-12;/h6-9H,4-5,10-11H2,1-3H3,(H2,15,16,17);1H.